The fourth-order valence-electron chi connectivity index (χ4n) is 3.01. The summed E-state index contributed by atoms with van der Waals surface area (Å²) in [5.74, 6) is -0.145. The van der Waals surface area contributed by atoms with Crippen LogP contribution in [0.1, 0.15) is 12.5 Å². The number of carbonyl (C=O) groups excluding carboxylic acids is 1. The molecule has 3 rings (SSSR count). The van der Waals surface area contributed by atoms with Crippen molar-refractivity contribution in [3.05, 3.63) is 46.7 Å². The largest absolute Gasteiger partial charge is 0.379 e. The summed E-state index contributed by atoms with van der Waals surface area (Å²) in [5, 5.41) is 6.95. The number of carbonyl (C=O) groups is 1. The molecule has 1 aliphatic heterocycles. The number of sulfonamides is 1. The van der Waals surface area contributed by atoms with E-state index in [0.29, 0.717) is 32.0 Å². The van der Waals surface area contributed by atoms with Gasteiger partial charge in [0, 0.05) is 24.3 Å². The average molecular weight is 425 g/mol. The lowest BCUT2D eigenvalue weighted by Gasteiger charge is -2.26. The minimum atomic E-state index is -3.59. The number of amides is 1. The van der Waals surface area contributed by atoms with Gasteiger partial charge in [-0.05, 0) is 41.9 Å². The highest BCUT2D eigenvalue weighted by Gasteiger charge is 2.27. The van der Waals surface area contributed by atoms with Crippen molar-refractivity contribution in [2.24, 2.45) is 0 Å². The third-order valence-electron chi connectivity index (χ3n) is 4.90. The third-order valence-corrected chi connectivity index (χ3v) is 7.53. The van der Waals surface area contributed by atoms with Gasteiger partial charge in [-0.2, -0.15) is 15.6 Å². The number of anilines is 1. The molecule has 0 bridgehead atoms. The Hall–Kier alpha value is -1.78. The van der Waals surface area contributed by atoms with Gasteiger partial charge in [-0.25, -0.2) is 8.42 Å². The first-order valence-electron chi connectivity index (χ1n) is 9.20. The molecule has 1 saturated heterocycles. The second kappa shape index (κ2) is 9.15. The van der Waals surface area contributed by atoms with Gasteiger partial charge in [0.1, 0.15) is 6.54 Å². The lowest BCUT2D eigenvalue weighted by Crippen LogP contribution is -3.12. The van der Waals surface area contributed by atoms with E-state index in [-0.39, 0.29) is 16.8 Å². The molecule has 28 heavy (non-hydrogen) atoms. The molecule has 1 aromatic carbocycles. The standard InChI is InChI=1S/C19H25N3O4S2/c1-15(21(2)13-16-6-11-27-14-16)19(23)20-17-4-3-5-18(12-17)28(24,25)22-7-9-26-10-8-22/h3-6,11-12,14-15H,7-10,13H2,1-2H3,(H,20,23)/p+1/t15-/m1/s1. The van der Waals surface area contributed by atoms with Crippen molar-refractivity contribution in [2.45, 2.75) is 24.4 Å². The van der Waals surface area contributed by atoms with E-state index in [1.54, 1.807) is 29.5 Å². The molecule has 0 radical (unpaired) electrons. The first-order valence-corrected chi connectivity index (χ1v) is 11.6. The number of nitrogens with zero attached hydrogens (tertiary/aromatic N) is 1. The minimum Gasteiger partial charge on any atom is -0.379 e. The molecule has 1 amide bonds. The molecule has 2 N–H and O–H groups in total. The normalized spacial score (nSPS) is 17.8. The predicted molar refractivity (Wildman–Crippen MR) is 109 cm³/mol. The Morgan fingerprint density at radius 1 is 1.32 bits per heavy atom. The summed E-state index contributed by atoms with van der Waals surface area (Å²) in [6.45, 7) is 4.09. The fraction of sp³-hybridized carbons (Fsp3) is 0.421. The number of benzene rings is 1. The molecule has 2 atom stereocenters. The van der Waals surface area contributed by atoms with Gasteiger partial charge in [0.25, 0.3) is 5.91 Å². The van der Waals surface area contributed by atoms with Crippen LogP contribution in [-0.4, -0.2) is 58.0 Å². The van der Waals surface area contributed by atoms with Gasteiger partial charge in [-0.1, -0.05) is 6.07 Å². The van der Waals surface area contributed by atoms with E-state index in [2.05, 4.69) is 16.8 Å². The van der Waals surface area contributed by atoms with E-state index in [1.807, 2.05) is 19.4 Å². The Bertz CT molecular complexity index is 894. The van der Waals surface area contributed by atoms with E-state index >= 15 is 0 Å². The summed E-state index contributed by atoms with van der Waals surface area (Å²) < 4.78 is 32.2. The van der Waals surface area contributed by atoms with Crippen LogP contribution < -0.4 is 10.2 Å². The van der Waals surface area contributed by atoms with Crippen molar-refractivity contribution in [2.75, 3.05) is 38.7 Å². The number of rotatable bonds is 7. The summed E-state index contributed by atoms with van der Waals surface area (Å²) in [4.78, 5) is 13.9. The van der Waals surface area contributed by atoms with E-state index in [9.17, 15) is 13.2 Å². The Kier molecular flexibility index (Phi) is 6.84. The molecule has 1 unspecified atom stereocenters. The molecule has 2 heterocycles. The number of thiophene rings is 1. The molecule has 1 aromatic heterocycles. The molecule has 0 saturated carbocycles. The highest BCUT2D eigenvalue weighted by Crippen LogP contribution is 2.20. The van der Waals surface area contributed by atoms with Crippen LogP contribution in [0, 0.1) is 0 Å². The van der Waals surface area contributed by atoms with E-state index < -0.39 is 10.0 Å². The maximum Gasteiger partial charge on any atom is 0.282 e. The molecule has 7 nitrogen and oxygen atoms in total. The van der Waals surface area contributed by atoms with Gasteiger partial charge in [-0.3, -0.25) is 4.79 Å². The van der Waals surface area contributed by atoms with Gasteiger partial charge < -0.3 is 15.0 Å². The molecule has 1 aliphatic rings. The number of quaternary nitrogens is 1. The Labute approximate surface area is 170 Å². The van der Waals surface area contributed by atoms with Crippen molar-refractivity contribution in [3.8, 4) is 0 Å². The van der Waals surface area contributed by atoms with Gasteiger partial charge in [-0.15, -0.1) is 0 Å². The average Bonchev–Trinajstić information content (AvgIpc) is 3.21. The van der Waals surface area contributed by atoms with Crippen molar-refractivity contribution < 1.29 is 22.8 Å². The Morgan fingerprint density at radius 2 is 2.07 bits per heavy atom. The third kappa shape index (κ3) is 4.98. The second-order valence-corrected chi connectivity index (χ2v) is 9.63. The van der Waals surface area contributed by atoms with E-state index in [1.165, 1.54) is 15.9 Å². The van der Waals surface area contributed by atoms with Gasteiger partial charge in [0.15, 0.2) is 6.04 Å². The maximum absolute atomic E-state index is 12.8. The van der Waals surface area contributed by atoms with Gasteiger partial charge in [0.2, 0.25) is 10.0 Å². The van der Waals surface area contributed by atoms with Crippen LogP contribution in [0.3, 0.4) is 0 Å². The molecule has 0 aliphatic carbocycles. The Morgan fingerprint density at radius 3 is 2.75 bits per heavy atom. The molecule has 2 aromatic rings. The SMILES string of the molecule is C[C@H](C(=O)Nc1cccc(S(=O)(=O)N2CCOCC2)c1)[NH+](C)Cc1ccsc1. The van der Waals surface area contributed by atoms with Crippen LogP contribution in [0.15, 0.2) is 46.0 Å². The topological polar surface area (TPSA) is 80.2 Å². The van der Waals surface area contributed by atoms with Gasteiger partial charge in [0.05, 0.1) is 25.2 Å². The van der Waals surface area contributed by atoms with Crippen LogP contribution in [0.5, 0.6) is 0 Å². The maximum atomic E-state index is 12.8. The number of hydrogen-bond acceptors (Lipinski definition) is 5. The molecular weight excluding hydrogens is 398 g/mol. The monoisotopic (exact) mass is 424 g/mol. The highest BCUT2D eigenvalue weighted by molar-refractivity contribution is 7.89. The quantitative estimate of drug-likeness (QED) is 0.689. The molecular formula is C19H26N3O4S2+. The Balaban J connectivity index is 1.67. The molecule has 1 fully saturated rings. The number of hydrogen-bond donors (Lipinski definition) is 2. The van der Waals surface area contributed by atoms with Crippen molar-refractivity contribution in [1.82, 2.24) is 4.31 Å². The second-order valence-electron chi connectivity index (χ2n) is 6.91. The number of ether oxygens (including phenoxy) is 1. The first-order chi connectivity index (χ1) is 13.4. The van der Waals surface area contributed by atoms with E-state index in [0.717, 1.165) is 11.4 Å². The highest BCUT2D eigenvalue weighted by atomic mass is 32.2. The summed E-state index contributed by atoms with van der Waals surface area (Å²) in [7, 11) is -1.62. The van der Waals surface area contributed by atoms with Crippen molar-refractivity contribution in [1.29, 1.82) is 0 Å². The van der Waals surface area contributed by atoms with Crippen LogP contribution in [0.25, 0.3) is 0 Å². The summed E-state index contributed by atoms with van der Waals surface area (Å²) in [6, 6.07) is 8.20. The zero-order chi connectivity index (χ0) is 20.1. The number of morpholine rings is 1. The summed E-state index contributed by atoms with van der Waals surface area (Å²) >= 11 is 1.64. The smallest absolute Gasteiger partial charge is 0.282 e. The van der Waals surface area contributed by atoms with Gasteiger partial charge >= 0.3 is 0 Å². The predicted octanol–water partition coefficient (Wildman–Crippen LogP) is 0.811. The zero-order valence-corrected chi connectivity index (χ0v) is 17.7. The molecule has 9 heteroatoms. The number of nitrogens with one attached hydrogen (secondary N) is 2. The van der Waals surface area contributed by atoms with E-state index in [4.69, 9.17) is 4.74 Å². The van der Waals surface area contributed by atoms with Crippen LogP contribution in [-0.2, 0) is 26.1 Å². The summed E-state index contributed by atoms with van der Waals surface area (Å²) in [5.41, 5.74) is 1.68. The fourth-order valence-corrected chi connectivity index (χ4v) is 5.14. The van der Waals surface area contributed by atoms with Crippen molar-refractivity contribution in [3.63, 3.8) is 0 Å². The molecule has 0 spiro atoms. The molecule has 152 valence electrons. The lowest BCUT2D eigenvalue weighted by atomic mass is 10.2. The minimum absolute atomic E-state index is 0.145. The lowest BCUT2D eigenvalue weighted by molar-refractivity contribution is -0.907. The first kappa shape index (κ1) is 20.9. The van der Waals surface area contributed by atoms with Crippen LogP contribution >= 0.6 is 11.3 Å². The van der Waals surface area contributed by atoms with Crippen LogP contribution in [0.4, 0.5) is 5.69 Å². The van der Waals surface area contributed by atoms with Crippen molar-refractivity contribution >= 4 is 33.0 Å². The van der Waals surface area contributed by atoms with Crippen LogP contribution in [0.2, 0.25) is 0 Å². The summed E-state index contributed by atoms with van der Waals surface area (Å²) in [6.07, 6.45) is 0. The zero-order valence-electron chi connectivity index (χ0n) is 16.1. The number of likely N-dealkylation sites (N-methyl/N-ethyl adjacent to an activating group) is 1.